The molecule has 0 aromatic carbocycles. The lowest BCUT2D eigenvalue weighted by molar-refractivity contribution is 0.0429. The lowest BCUT2D eigenvalue weighted by Crippen LogP contribution is -2.44. The molecule has 1 aromatic rings. The molecular formula is C17H26N6O4. The highest BCUT2D eigenvalue weighted by atomic mass is 16.6. The van der Waals surface area contributed by atoms with Crippen LogP contribution in [-0.4, -0.2) is 34.9 Å². The Bertz CT molecular complexity index is 704. The Hall–Kier alpha value is -2.84. The van der Waals surface area contributed by atoms with Crippen LogP contribution in [-0.2, 0) is 9.47 Å². The van der Waals surface area contributed by atoms with Gasteiger partial charge in [-0.3, -0.25) is 0 Å². The van der Waals surface area contributed by atoms with E-state index in [4.69, 9.17) is 20.7 Å². The molecule has 10 nitrogen and oxygen atoms in total. The number of amides is 2. The fraction of sp³-hybridized carbons (Fsp3) is 0.588. The van der Waals surface area contributed by atoms with Crippen molar-refractivity contribution in [3.63, 3.8) is 0 Å². The normalized spacial score (nSPS) is 12.6. The molecule has 0 aliphatic heterocycles. The molecular weight excluding hydrogens is 352 g/mol. The maximum atomic E-state index is 12.6. The van der Waals surface area contributed by atoms with Gasteiger partial charge in [-0.05, 0) is 59.2 Å². The molecule has 0 saturated carbocycles. The van der Waals surface area contributed by atoms with Gasteiger partial charge in [0.2, 0.25) is 0 Å². The van der Waals surface area contributed by atoms with Crippen LogP contribution in [0.4, 0.5) is 15.4 Å². The van der Waals surface area contributed by atoms with Crippen LogP contribution < -0.4 is 10.6 Å². The molecule has 1 heterocycles. The molecule has 0 saturated heterocycles. The molecule has 2 N–H and O–H groups in total. The first-order valence-electron chi connectivity index (χ1n) is 8.33. The van der Waals surface area contributed by atoms with Crippen molar-refractivity contribution in [1.29, 1.82) is 0 Å². The van der Waals surface area contributed by atoms with Crippen molar-refractivity contribution in [2.24, 2.45) is 10.8 Å². The van der Waals surface area contributed by atoms with Gasteiger partial charge in [0.1, 0.15) is 17.0 Å². The third-order valence-corrected chi connectivity index (χ3v) is 2.86. The van der Waals surface area contributed by atoms with E-state index in [0.717, 1.165) is 0 Å². The molecule has 0 bridgehead atoms. The number of hydrogen-bond donors (Lipinski definition) is 1. The van der Waals surface area contributed by atoms with Crippen molar-refractivity contribution in [1.82, 2.24) is 4.98 Å². The SMILES string of the molecule is CC(C)(C)OC(=O)N(C(=O)OC(C)(C)C)c1cccc([C@H](N)CN=[N+]=[N-])n1. The first kappa shape index (κ1) is 22.2. The highest BCUT2D eigenvalue weighted by Gasteiger charge is 2.33. The predicted molar refractivity (Wildman–Crippen MR) is 100 cm³/mol. The van der Waals surface area contributed by atoms with Crippen molar-refractivity contribution in [3.8, 4) is 0 Å². The van der Waals surface area contributed by atoms with Gasteiger partial charge in [-0.15, -0.1) is 0 Å². The first-order chi connectivity index (χ1) is 12.3. The number of nitrogens with zero attached hydrogens (tertiary/aromatic N) is 5. The number of rotatable bonds is 4. The summed E-state index contributed by atoms with van der Waals surface area (Å²) < 4.78 is 10.6. The Morgan fingerprint density at radius 3 is 2.15 bits per heavy atom. The Morgan fingerprint density at radius 2 is 1.70 bits per heavy atom. The van der Waals surface area contributed by atoms with E-state index in [0.29, 0.717) is 10.6 Å². The summed E-state index contributed by atoms with van der Waals surface area (Å²) in [6.45, 7) is 10.0. The zero-order valence-electron chi connectivity index (χ0n) is 16.5. The van der Waals surface area contributed by atoms with Gasteiger partial charge < -0.3 is 15.2 Å². The van der Waals surface area contributed by atoms with Crippen LogP contribution in [0.15, 0.2) is 23.3 Å². The van der Waals surface area contributed by atoms with Gasteiger partial charge in [-0.25, -0.2) is 14.6 Å². The van der Waals surface area contributed by atoms with Crippen LogP contribution in [0.2, 0.25) is 0 Å². The number of imide groups is 1. The summed E-state index contributed by atoms with van der Waals surface area (Å²) in [6.07, 6.45) is -1.85. The Labute approximate surface area is 158 Å². The molecule has 0 unspecified atom stereocenters. The quantitative estimate of drug-likeness (QED) is 0.475. The molecule has 0 spiro atoms. The summed E-state index contributed by atoms with van der Waals surface area (Å²) in [5.41, 5.74) is 13.0. The van der Waals surface area contributed by atoms with Crippen LogP contribution in [0.1, 0.15) is 53.3 Å². The number of aromatic nitrogens is 1. The van der Waals surface area contributed by atoms with E-state index < -0.39 is 29.4 Å². The van der Waals surface area contributed by atoms with E-state index in [2.05, 4.69) is 15.0 Å². The summed E-state index contributed by atoms with van der Waals surface area (Å²) in [5, 5.41) is 3.41. The van der Waals surface area contributed by atoms with E-state index in [1.165, 1.54) is 6.07 Å². The third kappa shape index (κ3) is 7.51. The second kappa shape index (κ2) is 8.70. The van der Waals surface area contributed by atoms with E-state index in [-0.39, 0.29) is 12.4 Å². The molecule has 10 heteroatoms. The lowest BCUT2D eigenvalue weighted by Gasteiger charge is -2.28. The van der Waals surface area contributed by atoms with Gasteiger partial charge in [0.25, 0.3) is 0 Å². The number of azide groups is 1. The molecule has 148 valence electrons. The fourth-order valence-electron chi connectivity index (χ4n) is 1.87. The zero-order chi connectivity index (χ0) is 20.8. The molecule has 0 aliphatic rings. The highest BCUT2D eigenvalue weighted by Crippen LogP contribution is 2.21. The largest absolute Gasteiger partial charge is 0.443 e. The standard InChI is InChI=1S/C17H26N6O4/c1-16(2,3)26-14(24)23(15(25)27-17(4,5)6)13-9-7-8-12(21-13)11(18)10-20-22-19/h7-9,11H,10,18H2,1-6H3/t11-/m1/s1. The maximum absolute atomic E-state index is 12.6. The summed E-state index contributed by atoms with van der Waals surface area (Å²) >= 11 is 0. The minimum atomic E-state index is -0.926. The van der Waals surface area contributed by atoms with Crippen molar-refractivity contribution in [2.45, 2.75) is 58.8 Å². The second-order valence-electron chi connectivity index (χ2n) is 7.74. The highest BCUT2D eigenvalue weighted by molar-refractivity contribution is 6.08. The molecule has 2 amide bonds. The van der Waals surface area contributed by atoms with Gasteiger partial charge in [0.15, 0.2) is 0 Å². The molecule has 1 aromatic heterocycles. The Morgan fingerprint density at radius 1 is 1.19 bits per heavy atom. The van der Waals surface area contributed by atoms with E-state index in [1.54, 1.807) is 53.7 Å². The van der Waals surface area contributed by atoms with Crippen molar-refractivity contribution >= 4 is 18.0 Å². The number of nitrogens with two attached hydrogens (primary N) is 1. The molecule has 1 rings (SSSR count). The summed E-state index contributed by atoms with van der Waals surface area (Å²) in [6, 6.07) is 3.94. The van der Waals surface area contributed by atoms with Crippen LogP contribution in [0.3, 0.4) is 0 Å². The van der Waals surface area contributed by atoms with Gasteiger partial charge in [-0.2, -0.15) is 4.90 Å². The number of pyridine rings is 1. The second-order valence-corrected chi connectivity index (χ2v) is 7.74. The zero-order valence-corrected chi connectivity index (χ0v) is 16.5. The fourth-order valence-corrected chi connectivity index (χ4v) is 1.87. The summed E-state index contributed by atoms with van der Waals surface area (Å²) in [7, 11) is 0. The maximum Gasteiger partial charge on any atom is 0.425 e. The van der Waals surface area contributed by atoms with Gasteiger partial charge >= 0.3 is 12.2 Å². The average Bonchev–Trinajstić information content (AvgIpc) is 2.49. The lowest BCUT2D eigenvalue weighted by atomic mass is 10.2. The molecule has 0 radical (unpaired) electrons. The van der Waals surface area contributed by atoms with Crippen molar-refractivity contribution in [3.05, 3.63) is 34.3 Å². The average molecular weight is 378 g/mol. The first-order valence-corrected chi connectivity index (χ1v) is 8.33. The van der Waals surface area contributed by atoms with Gasteiger partial charge in [-0.1, -0.05) is 11.2 Å². The van der Waals surface area contributed by atoms with E-state index >= 15 is 0 Å². The van der Waals surface area contributed by atoms with Gasteiger partial charge in [0, 0.05) is 11.5 Å². The smallest absolute Gasteiger partial charge is 0.425 e. The van der Waals surface area contributed by atoms with Crippen molar-refractivity contribution in [2.75, 3.05) is 11.4 Å². The van der Waals surface area contributed by atoms with Crippen LogP contribution >= 0.6 is 0 Å². The number of hydrogen-bond acceptors (Lipinski definition) is 7. The summed E-state index contributed by atoms with van der Waals surface area (Å²) in [4.78, 5) is 32.8. The molecule has 0 fully saturated rings. The molecule has 27 heavy (non-hydrogen) atoms. The monoisotopic (exact) mass is 378 g/mol. The minimum Gasteiger partial charge on any atom is -0.443 e. The topological polar surface area (TPSA) is 144 Å². The van der Waals surface area contributed by atoms with Gasteiger partial charge in [0.05, 0.1) is 11.7 Å². The number of ether oxygens (including phenoxy) is 2. The van der Waals surface area contributed by atoms with Crippen LogP contribution in [0.5, 0.6) is 0 Å². The predicted octanol–water partition coefficient (Wildman–Crippen LogP) is 4.07. The Balaban J connectivity index is 3.27. The van der Waals surface area contributed by atoms with Crippen LogP contribution in [0.25, 0.3) is 10.4 Å². The molecule has 1 atom stereocenters. The van der Waals surface area contributed by atoms with Crippen molar-refractivity contribution < 1.29 is 19.1 Å². The number of carbonyl (C=O) groups excluding carboxylic acids is 2. The van der Waals surface area contributed by atoms with E-state index in [1.807, 2.05) is 0 Å². The minimum absolute atomic E-state index is 0.00705. The summed E-state index contributed by atoms with van der Waals surface area (Å²) in [5.74, 6) is -0.00705. The number of carbonyl (C=O) groups is 2. The Kier molecular flexibility index (Phi) is 7.15. The van der Waals surface area contributed by atoms with E-state index in [9.17, 15) is 9.59 Å². The third-order valence-electron chi connectivity index (χ3n) is 2.86. The van der Waals surface area contributed by atoms with Crippen LogP contribution in [0, 0.1) is 0 Å². The molecule has 0 aliphatic carbocycles. The number of anilines is 1.